The molecule has 84 valence electrons. The lowest BCUT2D eigenvalue weighted by Crippen LogP contribution is -2.48. The third-order valence-electron chi connectivity index (χ3n) is 3.60. The van der Waals surface area contributed by atoms with E-state index in [4.69, 9.17) is 0 Å². The van der Waals surface area contributed by atoms with Gasteiger partial charge in [-0.05, 0) is 38.8 Å². The van der Waals surface area contributed by atoms with E-state index in [0.717, 1.165) is 38.8 Å². The lowest BCUT2D eigenvalue weighted by Gasteiger charge is -2.33. The van der Waals surface area contributed by atoms with Gasteiger partial charge in [0.05, 0.1) is 0 Å². The molecule has 1 saturated heterocycles. The summed E-state index contributed by atoms with van der Waals surface area (Å²) in [5.41, 5.74) is -0.145. The molecule has 0 aromatic rings. The van der Waals surface area contributed by atoms with Gasteiger partial charge < -0.3 is 10.6 Å². The van der Waals surface area contributed by atoms with Crippen LogP contribution in [0.25, 0.3) is 0 Å². The van der Waals surface area contributed by atoms with Crippen molar-refractivity contribution >= 4 is 5.91 Å². The molecule has 0 bridgehead atoms. The Balaban J connectivity index is 1.88. The van der Waals surface area contributed by atoms with Crippen LogP contribution in [0.4, 0.5) is 0 Å². The van der Waals surface area contributed by atoms with Gasteiger partial charge >= 0.3 is 0 Å². The quantitative estimate of drug-likeness (QED) is 0.670. The van der Waals surface area contributed by atoms with Crippen LogP contribution in [0.3, 0.4) is 0 Å². The summed E-state index contributed by atoms with van der Waals surface area (Å²) in [6.45, 7) is 4.02. The summed E-state index contributed by atoms with van der Waals surface area (Å²) in [7, 11) is 0. The first-order valence-electron chi connectivity index (χ1n) is 5.87. The molecule has 1 heterocycles. The molecule has 1 aliphatic heterocycles. The highest BCUT2D eigenvalue weighted by molar-refractivity contribution is 5.82. The zero-order valence-corrected chi connectivity index (χ0v) is 9.38. The van der Waals surface area contributed by atoms with Crippen LogP contribution in [-0.2, 0) is 4.79 Å². The maximum Gasteiger partial charge on any atom is 0.226 e. The minimum atomic E-state index is -0.145. The monoisotopic (exact) mass is 208 g/mol. The maximum absolute atomic E-state index is 12.1. The maximum atomic E-state index is 12.1. The molecule has 2 N–H and O–H groups in total. The van der Waals surface area contributed by atoms with E-state index >= 15 is 0 Å². The van der Waals surface area contributed by atoms with E-state index in [1.807, 2.05) is 0 Å². The summed E-state index contributed by atoms with van der Waals surface area (Å²) < 4.78 is 0. The Labute approximate surface area is 91.3 Å². The lowest BCUT2D eigenvalue weighted by atomic mass is 9.80. The van der Waals surface area contributed by atoms with Crippen molar-refractivity contribution in [2.45, 2.75) is 38.6 Å². The Morgan fingerprint density at radius 3 is 2.53 bits per heavy atom. The molecule has 0 aromatic heterocycles. The van der Waals surface area contributed by atoms with Crippen molar-refractivity contribution in [1.82, 2.24) is 10.6 Å². The smallest absolute Gasteiger partial charge is 0.226 e. The van der Waals surface area contributed by atoms with Gasteiger partial charge in [-0.2, -0.15) is 0 Å². The Bertz CT molecular complexity index is 259. The zero-order valence-electron chi connectivity index (χ0n) is 9.38. The van der Waals surface area contributed by atoms with E-state index in [2.05, 4.69) is 29.7 Å². The highest BCUT2D eigenvalue weighted by Crippen LogP contribution is 2.28. The third-order valence-corrected chi connectivity index (χ3v) is 3.60. The number of hydrogen-bond donors (Lipinski definition) is 2. The molecule has 1 fully saturated rings. The molecule has 0 atom stereocenters. The van der Waals surface area contributed by atoms with Crippen molar-refractivity contribution in [3.8, 4) is 0 Å². The molecule has 2 rings (SSSR count). The van der Waals surface area contributed by atoms with Gasteiger partial charge in [0.15, 0.2) is 0 Å². The van der Waals surface area contributed by atoms with Gasteiger partial charge in [-0.15, -0.1) is 0 Å². The summed E-state index contributed by atoms with van der Waals surface area (Å²) in [5.74, 6) is 0.248. The third kappa shape index (κ3) is 2.40. The first-order chi connectivity index (χ1) is 7.21. The number of carbonyl (C=O) groups is 1. The summed E-state index contributed by atoms with van der Waals surface area (Å²) in [5, 5.41) is 6.46. The van der Waals surface area contributed by atoms with Gasteiger partial charge in [-0.25, -0.2) is 0 Å². The average molecular weight is 208 g/mol. The largest absolute Gasteiger partial charge is 0.352 e. The van der Waals surface area contributed by atoms with Crippen molar-refractivity contribution in [3.05, 3.63) is 12.2 Å². The van der Waals surface area contributed by atoms with Gasteiger partial charge in [0.25, 0.3) is 0 Å². The van der Waals surface area contributed by atoms with E-state index in [1.165, 1.54) is 0 Å². The van der Waals surface area contributed by atoms with Crippen molar-refractivity contribution in [2.75, 3.05) is 13.1 Å². The number of nitrogens with one attached hydrogen (secondary N) is 2. The fraction of sp³-hybridized carbons (Fsp3) is 0.750. The molecular formula is C12H20N2O. The minimum absolute atomic E-state index is 0.145. The predicted molar refractivity (Wildman–Crippen MR) is 60.5 cm³/mol. The van der Waals surface area contributed by atoms with Gasteiger partial charge in [-0.1, -0.05) is 19.1 Å². The summed E-state index contributed by atoms with van der Waals surface area (Å²) in [6.07, 6.45) is 8.21. The van der Waals surface area contributed by atoms with Crippen molar-refractivity contribution in [2.24, 2.45) is 5.41 Å². The molecular weight excluding hydrogens is 188 g/mol. The van der Waals surface area contributed by atoms with E-state index in [9.17, 15) is 4.79 Å². The molecule has 3 nitrogen and oxygen atoms in total. The SMILES string of the molecule is CC1(C(=O)NC2CC=CC2)CCNCC1. The standard InChI is InChI=1S/C12H20N2O/c1-12(6-8-13-9-7-12)11(15)14-10-4-2-3-5-10/h2-3,10,13H,4-9H2,1H3,(H,14,15). The van der Waals surface area contributed by atoms with E-state index in [-0.39, 0.29) is 11.3 Å². The minimum Gasteiger partial charge on any atom is -0.352 e. The molecule has 0 aromatic carbocycles. The number of piperidine rings is 1. The summed E-state index contributed by atoms with van der Waals surface area (Å²) in [4.78, 5) is 12.1. The molecule has 1 amide bonds. The van der Waals surface area contributed by atoms with Crippen LogP contribution >= 0.6 is 0 Å². The van der Waals surface area contributed by atoms with Gasteiger partial charge in [0, 0.05) is 11.5 Å². The van der Waals surface area contributed by atoms with Crippen LogP contribution in [0.5, 0.6) is 0 Å². The Morgan fingerprint density at radius 2 is 1.93 bits per heavy atom. The highest BCUT2D eigenvalue weighted by Gasteiger charge is 2.35. The molecule has 3 heteroatoms. The molecule has 15 heavy (non-hydrogen) atoms. The second kappa shape index (κ2) is 4.35. The van der Waals surface area contributed by atoms with Crippen molar-refractivity contribution in [3.63, 3.8) is 0 Å². The van der Waals surface area contributed by atoms with Crippen LogP contribution in [0, 0.1) is 5.41 Å². The fourth-order valence-electron chi connectivity index (χ4n) is 2.30. The number of carbonyl (C=O) groups excluding carboxylic acids is 1. The number of hydrogen-bond acceptors (Lipinski definition) is 2. The average Bonchev–Trinajstić information content (AvgIpc) is 2.71. The molecule has 0 spiro atoms. The molecule has 0 saturated carbocycles. The van der Waals surface area contributed by atoms with Crippen LogP contribution in [0.2, 0.25) is 0 Å². The van der Waals surface area contributed by atoms with Crippen LogP contribution in [0.15, 0.2) is 12.2 Å². The van der Waals surface area contributed by atoms with Gasteiger partial charge in [0.2, 0.25) is 5.91 Å². The molecule has 2 aliphatic rings. The highest BCUT2D eigenvalue weighted by atomic mass is 16.2. The van der Waals surface area contributed by atoms with Gasteiger partial charge in [0.1, 0.15) is 0 Å². The van der Waals surface area contributed by atoms with Crippen LogP contribution in [-0.4, -0.2) is 25.0 Å². The lowest BCUT2D eigenvalue weighted by molar-refractivity contribution is -0.132. The van der Waals surface area contributed by atoms with Crippen LogP contribution in [0.1, 0.15) is 32.6 Å². The zero-order chi connectivity index (χ0) is 10.7. The van der Waals surface area contributed by atoms with Crippen molar-refractivity contribution in [1.29, 1.82) is 0 Å². The second-order valence-electron chi connectivity index (χ2n) is 4.92. The fourth-order valence-corrected chi connectivity index (χ4v) is 2.30. The van der Waals surface area contributed by atoms with E-state index in [1.54, 1.807) is 0 Å². The van der Waals surface area contributed by atoms with Gasteiger partial charge in [-0.3, -0.25) is 4.79 Å². The molecule has 0 unspecified atom stereocenters. The summed E-state index contributed by atoms with van der Waals surface area (Å²) >= 11 is 0. The van der Waals surface area contributed by atoms with E-state index in [0.29, 0.717) is 6.04 Å². The normalized spacial score (nSPS) is 25.4. The Morgan fingerprint density at radius 1 is 1.33 bits per heavy atom. The van der Waals surface area contributed by atoms with Crippen molar-refractivity contribution < 1.29 is 4.79 Å². The molecule has 0 radical (unpaired) electrons. The Kier molecular flexibility index (Phi) is 3.10. The first kappa shape index (κ1) is 10.7. The predicted octanol–water partition coefficient (Wildman–Crippen LogP) is 1.21. The number of rotatable bonds is 2. The summed E-state index contributed by atoms with van der Waals surface area (Å²) in [6, 6.07) is 0.351. The second-order valence-corrected chi connectivity index (χ2v) is 4.92. The van der Waals surface area contributed by atoms with E-state index < -0.39 is 0 Å². The molecule has 1 aliphatic carbocycles. The first-order valence-corrected chi connectivity index (χ1v) is 5.87. The topological polar surface area (TPSA) is 41.1 Å². The number of amides is 1. The van der Waals surface area contributed by atoms with Crippen LogP contribution < -0.4 is 10.6 Å². The Hall–Kier alpha value is -0.830.